The third-order valence-electron chi connectivity index (χ3n) is 2.45. The van der Waals surface area contributed by atoms with E-state index in [0.717, 1.165) is 5.56 Å². The van der Waals surface area contributed by atoms with Crippen LogP contribution in [0.15, 0.2) is 24.5 Å². The molecule has 2 N–H and O–H groups in total. The van der Waals surface area contributed by atoms with E-state index in [2.05, 4.69) is 10.3 Å². The number of pyridine rings is 1. The molecule has 0 saturated carbocycles. The van der Waals surface area contributed by atoms with Crippen molar-refractivity contribution in [3.63, 3.8) is 0 Å². The lowest BCUT2D eigenvalue weighted by molar-refractivity contribution is -0.142. The second-order valence-electron chi connectivity index (χ2n) is 4.62. The van der Waals surface area contributed by atoms with Gasteiger partial charge in [-0.25, -0.2) is 4.79 Å². The van der Waals surface area contributed by atoms with Crippen LogP contribution >= 0.6 is 0 Å². The Hall–Kier alpha value is -1.91. The average Bonchev–Trinajstić information content (AvgIpc) is 2.28. The van der Waals surface area contributed by atoms with Crippen LogP contribution in [-0.2, 0) is 16.0 Å². The summed E-state index contributed by atoms with van der Waals surface area (Å²) in [6, 6.07) is 2.65. The average molecular weight is 250 g/mol. The lowest BCUT2D eigenvalue weighted by atomic mass is 10.0. The van der Waals surface area contributed by atoms with Gasteiger partial charge < -0.3 is 10.4 Å². The SMILES string of the molecule is CC(C)C[C@H](NC(=O)Cc1ccncc1)C(=O)O. The fraction of sp³-hybridized carbons (Fsp3) is 0.462. The normalized spacial score (nSPS) is 12.2. The topological polar surface area (TPSA) is 79.3 Å². The van der Waals surface area contributed by atoms with Crippen molar-refractivity contribution in [2.45, 2.75) is 32.7 Å². The molecule has 5 nitrogen and oxygen atoms in total. The van der Waals surface area contributed by atoms with Gasteiger partial charge in [0.05, 0.1) is 6.42 Å². The zero-order valence-electron chi connectivity index (χ0n) is 10.6. The first kappa shape index (κ1) is 14.2. The highest BCUT2D eigenvalue weighted by Crippen LogP contribution is 2.06. The molecule has 1 aromatic rings. The number of rotatable bonds is 6. The number of aliphatic carboxylic acids is 1. The lowest BCUT2D eigenvalue weighted by Gasteiger charge is -2.16. The Morgan fingerprint density at radius 1 is 1.33 bits per heavy atom. The molecule has 0 aliphatic heterocycles. The Labute approximate surface area is 106 Å². The molecule has 0 unspecified atom stereocenters. The summed E-state index contributed by atoms with van der Waals surface area (Å²) >= 11 is 0. The van der Waals surface area contributed by atoms with E-state index < -0.39 is 12.0 Å². The Bertz CT molecular complexity index is 404. The van der Waals surface area contributed by atoms with Crippen molar-refractivity contribution in [2.75, 3.05) is 0 Å². The van der Waals surface area contributed by atoms with Crippen molar-refractivity contribution in [1.82, 2.24) is 10.3 Å². The van der Waals surface area contributed by atoms with Gasteiger partial charge in [-0.05, 0) is 30.0 Å². The summed E-state index contributed by atoms with van der Waals surface area (Å²) < 4.78 is 0. The van der Waals surface area contributed by atoms with Crippen LogP contribution in [0.3, 0.4) is 0 Å². The zero-order valence-corrected chi connectivity index (χ0v) is 10.6. The molecule has 1 heterocycles. The molecule has 18 heavy (non-hydrogen) atoms. The number of nitrogens with one attached hydrogen (secondary N) is 1. The third kappa shape index (κ3) is 4.95. The maximum absolute atomic E-state index is 11.7. The fourth-order valence-electron chi connectivity index (χ4n) is 1.62. The molecule has 0 aromatic carbocycles. The second-order valence-corrected chi connectivity index (χ2v) is 4.62. The molecule has 5 heteroatoms. The van der Waals surface area contributed by atoms with Crippen LogP contribution in [0.2, 0.25) is 0 Å². The molecule has 0 aliphatic carbocycles. The predicted molar refractivity (Wildman–Crippen MR) is 67.0 cm³/mol. The van der Waals surface area contributed by atoms with Crippen LogP contribution in [0, 0.1) is 5.92 Å². The van der Waals surface area contributed by atoms with E-state index in [4.69, 9.17) is 5.11 Å². The molecular formula is C13H18N2O3. The van der Waals surface area contributed by atoms with E-state index in [9.17, 15) is 9.59 Å². The number of carboxylic acids is 1. The third-order valence-corrected chi connectivity index (χ3v) is 2.45. The summed E-state index contributed by atoms with van der Waals surface area (Å²) in [6.07, 6.45) is 3.80. The molecule has 0 fully saturated rings. The van der Waals surface area contributed by atoms with E-state index in [1.54, 1.807) is 24.5 Å². The highest BCUT2D eigenvalue weighted by molar-refractivity contribution is 5.84. The molecule has 1 atom stereocenters. The number of hydrogen-bond acceptors (Lipinski definition) is 3. The molecule has 1 amide bonds. The van der Waals surface area contributed by atoms with Crippen molar-refractivity contribution in [3.8, 4) is 0 Å². The van der Waals surface area contributed by atoms with Crippen LogP contribution < -0.4 is 5.32 Å². The van der Waals surface area contributed by atoms with E-state index in [0.29, 0.717) is 6.42 Å². The number of carboxylic acid groups (broad SMARTS) is 1. The summed E-state index contributed by atoms with van der Waals surface area (Å²) in [7, 11) is 0. The van der Waals surface area contributed by atoms with Crippen LogP contribution in [0.5, 0.6) is 0 Å². The minimum Gasteiger partial charge on any atom is -0.480 e. The van der Waals surface area contributed by atoms with Crippen LogP contribution in [0.1, 0.15) is 25.8 Å². The number of nitrogens with zero attached hydrogens (tertiary/aromatic N) is 1. The lowest BCUT2D eigenvalue weighted by Crippen LogP contribution is -2.42. The van der Waals surface area contributed by atoms with Crippen LogP contribution in [0.4, 0.5) is 0 Å². The Morgan fingerprint density at radius 3 is 2.44 bits per heavy atom. The van der Waals surface area contributed by atoms with Gasteiger partial charge in [0.15, 0.2) is 0 Å². The molecule has 0 aliphatic rings. The first-order valence-corrected chi connectivity index (χ1v) is 5.90. The van der Waals surface area contributed by atoms with Gasteiger partial charge in [-0.3, -0.25) is 9.78 Å². The minimum absolute atomic E-state index is 0.171. The van der Waals surface area contributed by atoms with Crippen LogP contribution in [-0.4, -0.2) is 28.0 Å². The van der Waals surface area contributed by atoms with E-state index in [1.165, 1.54) is 0 Å². The van der Waals surface area contributed by atoms with Gasteiger partial charge in [0.25, 0.3) is 0 Å². The van der Waals surface area contributed by atoms with Crippen molar-refractivity contribution in [1.29, 1.82) is 0 Å². The van der Waals surface area contributed by atoms with E-state index in [-0.39, 0.29) is 18.2 Å². The molecule has 0 bridgehead atoms. The van der Waals surface area contributed by atoms with Gasteiger partial charge in [0, 0.05) is 12.4 Å². The predicted octanol–water partition coefficient (Wildman–Crippen LogP) is 1.24. The summed E-state index contributed by atoms with van der Waals surface area (Å²) in [6.45, 7) is 3.84. The number of carbonyl (C=O) groups is 2. The molecule has 98 valence electrons. The summed E-state index contributed by atoms with van der Waals surface area (Å²) in [5, 5.41) is 11.5. The number of aromatic nitrogens is 1. The van der Waals surface area contributed by atoms with Crippen molar-refractivity contribution >= 4 is 11.9 Å². The summed E-state index contributed by atoms with van der Waals surface area (Å²) in [5.74, 6) is -1.06. The van der Waals surface area contributed by atoms with Crippen molar-refractivity contribution in [3.05, 3.63) is 30.1 Å². The molecule has 0 radical (unpaired) electrons. The molecule has 0 spiro atoms. The quantitative estimate of drug-likeness (QED) is 0.796. The molecular weight excluding hydrogens is 232 g/mol. The van der Waals surface area contributed by atoms with E-state index >= 15 is 0 Å². The number of hydrogen-bond donors (Lipinski definition) is 2. The van der Waals surface area contributed by atoms with Gasteiger partial charge in [0.2, 0.25) is 5.91 Å². The van der Waals surface area contributed by atoms with Crippen molar-refractivity contribution in [2.24, 2.45) is 5.92 Å². The Morgan fingerprint density at radius 2 is 1.94 bits per heavy atom. The highest BCUT2D eigenvalue weighted by atomic mass is 16.4. The maximum atomic E-state index is 11.7. The fourth-order valence-corrected chi connectivity index (χ4v) is 1.62. The van der Waals surface area contributed by atoms with E-state index in [1.807, 2.05) is 13.8 Å². The van der Waals surface area contributed by atoms with Crippen molar-refractivity contribution < 1.29 is 14.7 Å². The maximum Gasteiger partial charge on any atom is 0.326 e. The van der Waals surface area contributed by atoms with Crippen LogP contribution in [0.25, 0.3) is 0 Å². The monoisotopic (exact) mass is 250 g/mol. The minimum atomic E-state index is -0.994. The highest BCUT2D eigenvalue weighted by Gasteiger charge is 2.20. The molecule has 1 rings (SSSR count). The zero-order chi connectivity index (χ0) is 13.5. The Kier molecular flexibility index (Phi) is 5.30. The summed E-state index contributed by atoms with van der Waals surface area (Å²) in [4.78, 5) is 26.6. The molecule has 1 aromatic heterocycles. The number of carbonyl (C=O) groups excluding carboxylic acids is 1. The van der Waals surface area contributed by atoms with Gasteiger partial charge in [0.1, 0.15) is 6.04 Å². The standard InChI is InChI=1S/C13H18N2O3/c1-9(2)7-11(13(17)18)15-12(16)8-10-3-5-14-6-4-10/h3-6,9,11H,7-8H2,1-2H3,(H,15,16)(H,17,18)/t11-/m0/s1. The largest absolute Gasteiger partial charge is 0.480 e. The number of amides is 1. The second kappa shape index (κ2) is 6.74. The Balaban J connectivity index is 2.54. The van der Waals surface area contributed by atoms with Gasteiger partial charge >= 0.3 is 5.97 Å². The first-order chi connectivity index (χ1) is 8.49. The van der Waals surface area contributed by atoms with Gasteiger partial charge in [-0.2, -0.15) is 0 Å². The molecule has 0 saturated heterocycles. The summed E-state index contributed by atoms with van der Waals surface area (Å²) in [5.41, 5.74) is 0.816. The first-order valence-electron chi connectivity index (χ1n) is 5.90. The van der Waals surface area contributed by atoms with Gasteiger partial charge in [-0.15, -0.1) is 0 Å². The van der Waals surface area contributed by atoms with Gasteiger partial charge in [-0.1, -0.05) is 13.8 Å². The smallest absolute Gasteiger partial charge is 0.326 e.